The first kappa shape index (κ1) is 39.3. The number of nitro groups is 1. The predicted molar refractivity (Wildman–Crippen MR) is 175 cm³/mol. The number of hydrogen-bond donors (Lipinski definition) is 1. The molecule has 4 atom stereocenters. The van der Waals surface area contributed by atoms with Crippen molar-refractivity contribution in [3.8, 4) is 0 Å². The van der Waals surface area contributed by atoms with Crippen LogP contribution in [0.2, 0.25) is 0 Å². The fourth-order valence-electron chi connectivity index (χ4n) is 6.06. The van der Waals surface area contributed by atoms with Crippen molar-refractivity contribution < 1.29 is 54.5 Å². The zero-order valence-corrected chi connectivity index (χ0v) is 29.1. The topological polar surface area (TPSA) is 215 Å². The summed E-state index contributed by atoms with van der Waals surface area (Å²) in [4.78, 5) is 49.1. The summed E-state index contributed by atoms with van der Waals surface area (Å²) >= 11 is 0. The molecule has 1 N–H and O–H groups in total. The van der Waals surface area contributed by atoms with Crippen LogP contribution in [0.5, 0.6) is 0 Å². The SMILES string of the molecule is C=CCOC(=O)NCC[C@H]1C(=O)C=C(OC)[C@@H](OC(C)=O)[C@]1(COS(C)(=O)=O)C[C@@H]1/C=C\CCCCN1S(=O)(=O)c1ccccc1[N+](=O)[O-]. The Bertz CT molecular complexity index is 1690. The molecule has 0 saturated heterocycles. The van der Waals surface area contributed by atoms with Gasteiger partial charge in [-0.1, -0.05) is 36.9 Å². The number of ketones is 1. The van der Waals surface area contributed by atoms with Gasteiger partial charge in [-0.2, -0.15) is 12.7 Å². The molecular weight excluding hydrogens is 686 g/mol. The molecule has 270 valence electrons. The van der Waals surface area contributed by atoms with E-state index in [9.17, 15) is 41.3 Å². The smallest absolute Gasteiger partial charge is 0.407 e. The van der Waals surface area contributed by atoms with Crippen molar-refractivity contribution in [1.29, 1.82) is 0 Å². The molecule has 1 aromatic carbocycles. The van der Waals surface area contributed by atoms with E-state index in [0.717, 1.165) is 35.7 Å². The van der Waals surface area contributed by atoms with Crippen LogP contribution in [0.4, 0.5) is 10.5 Å². The first-order valence-corrected chi connectivity index (χ1v) is 18.6. The van der Waals surface area contributed by atoms with Crippen molar-refractivity contribution in [2.45, 2.75) is 56.1 Å². The van der Waals surface area contributed by atoms with E-state index in [0.29, 0.717) is 19.3 Å². The van der Waals surface area contributed by atoms with Gasteiger partial charge in [0, 0.05) is 44.1 Å². The van der Waals surface area contributed by atoms with Crippen molar-refractivity contribution in [1.82, 2.24) is 9.62 Å². The molecule has 3 rings (SSSR count). The maximum atomic E-state index is 14.3. The Hall–Kier alpha value is -4.13. The summed E-state index contributed by atoms with van der Waals surface area (Å²) in [5.41, 5.74) is -2.48. The molecule has 1 aliphatic heterocycles. The van der Waals surface area contributed by atoms with Crippen LogP contribution in [-0.4, -0.2) is 95.7 Å². The molecule has 16 nitrogen and oxygen atoms in total. The monoisotopic (exact) mass is 727 g/mol. The Balaban J connectivity index is 2.26. The van der Waals surface area contributed by atoms with Crippen LogP contribution in [-0.2, 0) is 48.1 Å². The molecule has 0 unspecified atom stereocenters. The Morgan fingerprint density at radius 3 is 2.55 bits per heavy atom. The number of nitrogens with zero attached hydrogens (tertiary/aromatic N) is 2. The minimum Gasteiger partial charge on any atom is -0.497 e. The lowest BCUT2D eigenvalue weighted by Gasteiger charge is -2.49. The highest BCUT2D eigenvalue weighted by Gasteiger charge is 2.57. The number of nitrogens with one attached hydrogen (secondary N) is 1. The van der Waals surface area contributed by atoms with Crippen LogP contribution in [0, 0.1) is 21.4 Å². The Morgan fingerprint density at radius 2 is 1.92 bits per heavy atom. The van der Waals surface area contributed by atoms with Gasteiger partial charge in [-0.3, -0.25) is 23.9 Å². The number of rotatable bonds is 15. The van der Waals surface area contributed by atoms with E-state index in [1.54, 1.807) is 12.2 Å². The van der Waals surface area contributed by atoms with E-state index >= 15 is 0 Å². The van der Waals surface area contributed by atoms with Gasteiger partial charge >= 0.3 is 12.1 Å². The lowest BCUT2D eigenvalue weighted by atomic mass is 9.61. The molecule has 0 radical (unpaired) electrons. The molecule has 0 spiro atoms. The van der Waals surface area contributed by atoms with Crippen LogP contribution in [0.1, 0.15) is 39.0 Å². The largest absolute Gasteiger partial charge is 0.497 e. The second-order valence-corrected chi connectivity index (χ2v) is 15.0. The van der Waals surface area contributed by atoms with E-state index in [1.807, 2.05) is 0 Å². The molecule has 1 amide bonds. The molecule has 18 heteroatoms. The number of nitro benzene ring substituents is 1. The minimum atomic E-state index is -4.61. The Kier molecular flexibility index (Phi) is 13.6. The fourth-order valence-corrected chi connectivity index (χ4v) is 8.28. The highest BCUT2D eigenvalue weighted by molar-refractivity contribution is 7.89. The Labute approximate surface area is 285 Å². The number of allylic oxidation sites excluding steroid dienone is 2. The lowest BCUT2D eigenvalue weighted by molar-refractivity contribution is -0.387. The van der Waals surface area contributed by atoms with Gasteiger partial charge in [0.2, 0.25) is 10.0 Å². The molecule has 0 fully saturated rings. The third-order valence-electron chi connectivity index (χ3n) is 8.16. The first-order chi connectivity index (χ1) is 23.1. The summed E-state index contributed by atoms with van der Waals surface area (Å²) in [6.45, 7) is 3.44. The highest BCUT2D eigenvalue weighted by Crippen LogP contribution is 2.49. The highest BCUT2D eigenvalue weighted by atomic mass is 32.2. The first-order valence-electron chi connectivity index (χ1n) is 15.3. The van der Waals surface area contributed by atoms with E-state index in [2.05, 4.69) is 11.9 Å². The molecule has 1 heterocycles. The number of methoxy groups -OCH3 is 1. The van der Waals surface area contributed by atoms with Gasteiger partial charge in [-0.15, -0.1) is 0 Å². The molecule has 1 aliphatic carbocycles. The number of carbonyl (C=O) groups excluding carboxylic acids is 3. The summed E-state index contributed by atoms with van der Waals surface area (Å²) in [5.74, 6) is -2.81. The van der Waals surface area contributed by atoms with Crippen molar-refractivity contribution >= 4 is 43.7 Å². The zero-order valence-electron chi connectivity index (χ0n) is 27.4. The molecule has 2 aliphatic rings. The molecule has 0 saturated carbocycles. The van der Waals surface area contributed by atoms with E-state index in [1.165, 1.54) is 25.3 Å². The normalized spacial score (nSPS) is 24.0. The number of carbonyl (C=O) groups is 3. The number of alkyl carbamates (subject to hydrolysis) is 1. The van der Waals surface area contributed by atoms with Crippen LogP contribution < -0.4 is 5.32 Å². The summed E-state index contributed by atoms with van der Waals surface area (Å²) in [5, 5.41) is 14.4. The van der Waals surface area contributed by atoms with Gasteiger partial charge in [0.25, 0.3) is 15.8 Å². The zero-order chi connectivity index (χ0) is 36.4. The van der Waals surface area contributed by atoms with E-state index in [-0.39, 0.29) is 38.3 Å². The standard InChI is InChI=1S/C31H41N3O13S2/c1-5-18-45-30(37)32-16-15-24-26(36)19-27(44-3)29(47-22(2)35)31(24,21-46-48(4,40)41)20-23-12-8-6-7-11-17-33(23)49(42,43)28-14-10-9-13-25(28)34(38)39/h5,8-10,12-14,19,23-24,29H,1,6-7,11,15-18,20-21H2,2-4H3,(H,32,37)/b12-8-/t23-,24-,29+,31-/m0/s1. The van der Waals surface area contributed by atoms with Crippen LogP contribution in [0.3, 0.4) is 0 Å². The van der Waals surface area contributed by atoms with Gasteiger partial charge in [0.1, 0.15) is 12.4 Å². The number of ether oxygens (including phenoxy) is 3. The predicted octanol–water partition coefficient (Wildman–Crippen LogP) is 3.01. The molecule has 1 aromatic rings. The maximum absolute atomic E-state index is 14.3. The fraction of sp³-hybridized carbons (Fsp3) is 0.516. The number of sulfonamides is 1. The quantitative estimate of drug-likeness (QED) is 0.0905. The third kappa shape index (κ3) is 9.96. The van der Waals surface area contributed by atoms with Crippen LogP contribution in [0.25, 0.3) is 0 Å². The van der Waals surface area contributed by atoms with Gasteiger partial charge in [0.05, 0.1) is 30.3 Å². The molecule has 49 heavy (non-hydrogen) atoms. The van der Waals surface area contributed by atoms with Gasteiger partial charge in [-0.25, -0.2) is 13.2 Å². The number of para-hydroxylation sites is 1. The Morgan fingerprint density at radius 1 is 1.20 bits per heavy atom. The second kappa shape index (κ2) is 17.0. The van der Waals surface area contributed by atoms with Crippen molar-refractivity contribution in [2.75, 3.05) is 39.7 Å². The van der Waals surface area contributed by atoms with Crippen molar-refractivity contribution in [3.05, 3.63) is 71.0 Å². The average Bonchev–Trinajstić information content (AvgIpc) is 3.02. The maximum Gasteiger partial charge on any atom is 0.407 e. The molecule has 0 bridgehead atoms. The average molecular weight is 728 g/mol. The van der Waals surface area contributed by atoms with Gasteiger partial charge in [0.15, 0.2) is 16.8 Å². The van der Waals surface area contributed by atoms with Crippen molar-refractivity contribution in [2.24, 2.45) is 11.3 Å². The summed E-state index contributed by atoms with van der Waals surface area (Å²) in [6, 6.07) is 3.71. The number of benzene rings is 1. The van der Waals surface area contributed by atoms with Crippen molar-refractivity contribution in [3.63, 3.8) is 0 Å². The molecule has 0 aromatic heterocycles. The number of esters is 1. The van der Waals surface area contributed by atoms with Gasteiger partial charge < -0.3 is 19.5 Å². The number of amides is 1. The summed E-state index contributed by atoms with van der Waals surface area (Å²) in [6.07, 6.45) is 5.20. The third-order valence-corrected chi connectivity index (χ3v) is 10.7. The lowest BCUT2D eigenvalue weighted by Crippen LogP contribution is -2.57. The van der Waals surface area contributed by atoms with Gasteiger partial charge in [-0.05, 0) is 38.2 Å². The minimum absolute atomic E-state index is 0.0904. The second-order valence-electron chi connectivity index (χ2n) is 11.5. The van der Waals surface area contributed by atoms with Crippen LogP contribution in [0.15, 0.2) is 65.8 Å². The van der Waals surface area contributed by atoms with Crippen LogP contribution >= 0.6 is 0 Å². The summed E-state index contributed by atoms with van der Waals surface area (Å²) in [7, 11) is -7.61. The molecular formula is C31H41N3O13S2. The number of hydrogen-bond acceptors (Lipinski definition) is 13. The van der Waals surface area contributed by atoms with E-state index < -0.39 is 83.6 Å². The van der Waals surface area contributed by atoms with E-state index in [4.69, 9.17) is 18.4 Å². The summed E-state index contributed by atoms with van der Waals surface area (Å²) < 4.78 is 76.1.